The zero-order chi connectivity index (χ0) is 26.7. The number of H-pyrrole nitrogens is 1. The summed E-state index contributed by atoms with van der Waals surface area (Å²) in [6, 6.07) is 8.02. The normalized spacial score (nSPS) is 18.2. The fraction of sp³-hybridized carbons (Fsp3) is 0.607. The van der Waals surface area contributed by atoms with E-state index >= 15 is 0 Å². The largest absolute Gasteiger partial charge is 0.450 e. The van der Waals surface area contributed by atoms with Crippen LogP contribution >= 0.6 is 0 Å². The molecule has 8 heteroatoms. The number of amides is 2. The minimum atomic E-state index is -2.19. The second-order valence-electron chi connectivity index (χ2n) is 11.5. The Morgan fingerprint density at radius 2 is 1.92 bits per heavy atom. The Morgan fingerprint density at radius 3 is 2.58 bits per heavy atom. The number of likely N-dealkylation sites (N-methyl/N-ethyl adjacent to an activating group) is 1. The molecule has 3 atom stereocenters. The Balaban J connectivity index is 1.75. The van der Waals surface area contributed by atoms with Crippen LogP contribution in [0.4, 0.5) is 0 Å². The zero-order valence-electron chi connectivity index (χ0n) is 23.2. The molecule has 1 aliphatic heterocycles. The molecule has 7 nitrogen and oxygen atoms in total. The molecule has 0 radical (unpaired) electrons. The lowest BCUT2D eigenvalue weighted by molar-refractivity contribution is -0.135. The third-order valence-electron chi connectivity index (χ3n) is 7.70. The molecule has 36 heavy (non-hydrogen) atoms. The van der Waals surface area contributed by atoms with Crippen molar-refractivity contribution < 1.29 is 18.8 Å². The van der Waals surface area contributed by atoms with Gasteiger partial charge in [0.2, 0.25) is 0 Å². The van der Waals surface area contributed by atoms with Gasteiger partial charge in [-0.25, -0.2) is 0 Å². The van der Waals surface area contributed by atoms with Gasteiger partial charge < -0.3 is 14.1 Å². The first-order valence-electron chi connectivity index (χ1n) is 13.2. The molecule has 1 aliphatic rings. The Kier molecular flexibility index (Phi) is 8.83. The summed E-state index contributed by atoms with van der Waals surface area (Å²) >= 11 is 0. The lowest BCUT2D eigenvalue weighted by Gasteiger charge is -2.39. The maximum absolute atomic E-state index is 13.6. The highest BCUT2D eigenvalue weighted by Crippen LogP contribution is 2.38. The number of fused-ring (bicyclic) bond motifs is 1. The van der Waals surface area contributed by atoms with Crippen LogP contribution in [0.2, 0.25) is 18.1 Å². The molecule has 1 aromatic heterocycles. The van der Waals surface area contributed by atoms with E-state index in [1.54, 1.807) is 7.05 Å². The fourth-order valence-corrected chi connectivity index (χ4v) is 5.57. The summed E-state index contributed by atoms with van der Waals surface area (Å²) < 4.78 is 12.6. The number of aliphatic imine (C=N–C) groups is 1. The SMILES string of the molecule is CCCCCCC(O[Si](C)(C)C(C)(C)C)C(=O)N(C)C1=NC(=O)[C@H]([C@H](C)c2c[nH]c3ccccc23)O1. The molecular weight excluding hydrogens is 470 g/mol. The first-order chi connectivity index (χ1) is 16.9. The summed E-state index contributed by atoms with van der Waals surface area (Å²) in [5.74, 6) is -0.803. The van der Waals surface area contributed by atoms with Crippen LogP contribution in [0.25, 0.3) is 10.9 Å². The molecule has 0 fully saturated rings. The number of aromatic nitrogens is 1. The first-order valence-corrected chi connectivity index (χ1v) is 16.1. The molecule has 0 saturated carbocycles. The van der Waals surface area contributed by atoms with Gasteiger partial charge in [0.25, 0.3) is 11.8 Å². The molecule has 198 valence electrons. The highest BCUT2D eigenvalue weighted by molar-refractivity contribution is 6.74. The Labute approximate surface area is 216 Å². The highest BCUT2D eigenvalue weighted by atomic mass is 28.4. The van der Waals surface area contributed by atoms with Crippen molar-refractivity contribution in [2.24, 2.45) is 4.99 Å². The second kappa shape index (κ2) is 11.3. The van der Waals surface area contributed by atoms with Gasteiger partial charge in [-0.15, -0.1) is 0 Å². The van der Waals surface area contributed by atoms with E-state index < -0.39 is 20.5 Å². The van der Waals surface area contributed by atoms with Gasteiger partial charge >= 0.3 is 6.02 Å². The number of hydrogen-bond donors (Lipinski definition) is 1. The summed E-state index contributed by atoms with van der Waals surface area (Å²) in [7, 11) is -0.564. The average Bonchev–Trinajstić information content (AvgIpc) is 3.42. The van der Waals surface area contributed by atoms with E-state index in [0.717, 1.165) is 42.1 Å². The third-order valence-corrected chi connectivity index (χ3v) is 12.2. The van der Waals surface area contributed by atoms with Crippen LogP contribution in [0.5, 0.6) is 0 Å². The molecule has 3 rings (SSSR count). The summed E-state index contributed by atoms with van der Waals surface area (Å²) in [6.45, 7) is 14.9. The van der Waals surface area contributed by atoms with E-state index in [1.807, 2.05) is 37.4 Å². The van der Waals surface area contributed by atoms with Crippen LogP contribution < -0.4 is 0 Å². The second-order valence-corrected chi connectivity index (χ2v) is 16.2. The number of rotatable bonds is 10. The first kappa shape index (κ1) is 28.1. The molecule has 0 aliphatic carbocycles. The molecule has 1 N–H and O–H groups in total. The number of hydrogen-bond acceptors (Lipinski definition) is 4. The molecule has 1 aromatic carbocycles. The van der Waals surface area contributed by atoms with E-state index in [1.165, 1.54) is 4.90 Å². The number of nitrogens with one attached hydrogen (secondary N) is 1. The summed E-state index contributed by atoms with van der Waals surface area (Å²) in [5, 5.41) is 1.03. The van der Waals surface area contributed by atoms with Crippen molar-refractivity contribution in [2.45, 2.75) is 103 Å². The minimum absolute atomic E-state index is 0.0231. The van der Waals surface area contributed by atoms with Crippen molar-refractivity contribution in [3.05, 3.63) is 36.0 Å². The van der Waals surface area contributed by atoms with Crippen molar-refractivity contribution in [3.8, 4) is 0 Å². The Hall–Kier alpha value is -2.45. The van der Waals surface area contributed by atoms with Gasteiger partial charge in [-0.2, -0.15) is 4.99 Å². The number of aromatic amines is 1. The molecule has 2 heterocycles. The van der Waals surface area contributed by atoms with Crippen LogP contribution in [-0.2, 0) is 18.8 Å². The number of unbranched alkanes of at least 4 members (excludes halogenated alkanes) is 3. The van der Waals surface area contributed by atoms with E-state index in [9.17, 15) is 9.59 Å². The van der Waals surface area contributed by atoms with Gasteiger partial charge in [-0.3, -0.25) is 14.5 Å². The van der Waals surface area contributed by atoms with Crippen LogP contribution in [0.3, 0.4) is 0 Å². The summed E-state index contributed by atoms with van der Waals surface area (Å²) in [6.07, 6.45) is 5.44. The number of benzene rings is 1. The smallest absolute Gasteiger partial charge is 0.302 e. The van der Waals surface area contributed by atoms with Crippen molar-refractivity contribution in [3.63, 3.8) is 0 Å². The van der Waals surface area contributed by atoms with E-state index in [4.69, 9.17) is 9.16 Å². The van der Waals surface area contributed by atoms with Crippen molar-refractivity contribution in [1.82, 2.24) is 9.88 Å². The molecule has 2 amide bonds. The number of para-hydroxylation sites is 1. The van der Waals surface area contributed by atoms with Gasteiger partial charge in [0.05, 0.1) is 0 Å². The molecule has 0 saturated heterocycles. The van der Waals surface area contributed by atoms with Crippen molar-refractivity contribution in [1.29, 1.82) is 0 Å². The fourth-order valence-electron chi connectivity index (χ4n) is 4.28. The van der Waals surface area contributed by atoms with Gasteiger partial charge in [0.15, 0.2) is 14.4 Å². The average molecular weight is 514 g/mol. The van der Waals surface area contributed by atoms with E-state index in [2.05, 4.69) is 50.8 Å². The number of carbonyl (C=O) groups excluding carboxylic acids is 2. The van der Waals surface area contributed by atoms with E-state index in [-0.39, 0.29) is 28.8 Å². The summed E-state index contributed by atoms with van der Waals surface area (Å²) in [4.78, 5) is 35.3. The predicted octanol–water partition coefficient (Wildman–Crippen LogP) is 6.37. The van der Waals surface area contributed by atoms with Crippen molar-refractivity contribution in [2.75, 3.05) is 7.05 Å². The number of nitrogens with zero attached hydrogens (tertiary/aromatic N) is 2. The van der Waals surface area contributed by atoms with Gasteiger partial charge in [0.1, 0.15) is 6.10 Å². The number of carbonyl (C=O) groups is 2. The van der Waals surface area contributed by atoms with Gasteiger partial charge in [-0.1, -0.05) is 78.5 Å². The maximum atomic E-state index is 13.6. The molecule has 0 bridgehead atoms. The molecular formula is C28H43N3O4Si. The summed E-state index contributed by atoms with van der Waals surface area (Å²) in [5.41, 5.74) is 2.00. The van der Waals surface area contributed by atoms with Crippen LogP contribution in [-0.4, -0.2) is 55.3 Å². The van der Waals surface area contributed by atoms with Crippen LogP contribution in [0.1, 0.15) is 78.2 Å². The predicted molar refractivity (Wildman–Crippen MR) is 148 cm³/mol. The van der Waals surface area contributed by atoms with Gasteiger partial charge in [0, 0.05) is 30.1 Å². The zero-order valence-corrected chi connectivity index (χ0v) is 24.2. The number of amidine groups is 1. The minimum Gasteiger partial charge on any atom is -0.450 e. The molecule has 1 unspecified atom stereocenters. The van der Waals surface area contributed by atoms with Crippen LogP contribution in [0, 0.1) is 0 Å². The maximum Gasteiger partial charge on any atom is 0.302 e. The van der Waals surface area contributed by atoms with E-state index in [0.29, 0.717) is 6.42 Å². The molecule has 2 aromatic rings. The number of ether oxygens (including phenoxy) is 1. The molecule has 0 spiro atoms. The van der Waals surface area contributed by atoms with Crippen molar-refractivity contribution >= 4 is 37.1 Å². The quantitative estimate of drug-likeness (QED) is 0.295. The van der Waals surface area contributed by atoms with Crippen LogP contribution in [0.15, 0.2) is 35.5 Å². The Morgan fingerprint density at radius 1 is 1.22 bits per heavy atom. The third kappa shape index (κ3) is 6.09. The lowest BCUT2D eigenvalue weighted by Crippen LogP contribution is -2.50. The monoisotopic (exact) mass is 513 g/mol. The Bertz CT molecular complexity index is 1100. The van der Waals surface area contributed by atoms with Gasteiger partial charge in [-0.05, 0) is 36.2 Å². The topological polar surface area (TPSA) is 84.0 Å². The lowest BCUT2D eigenvalue weighted by atomic mass is 9.94. The standard InChI is InChI=1S/C28H43N3O4Si/c1-9-10-11-12-17-23(35-36(7,8)28(3,4)5)26(33)31(6)27-30-25(32)24(34-27)19(2)21-18-29-22-16-14-13-15-20(21)22/h13-16,18-19,23-24,29H,9-12,17H2,1-8H3/t19-,23?,24+/m1/s1. The highest BCUT2D eigenvalue weighted by Gasteiger charge is 2.43.